The van der Waals surface area contributed by atoms with Gasteiger partial charge in [0.25, 0.3) is 0 Å². The molecule has 26 heavy (non-hydrogen) atoms. The number of nitrogens with one attached hydrogen (secondary N) is 1. The summed E-state index contributed by atoms with van der Waals surface area (Å²) in [6.45, 7) is 2.04. The van der Waals surface area contributed by atoms with E-state index >= 15 is 0 Å². The normalized spacial score (nSPS) is 13.9. The maximum absolute atomic E-state index is 12.2. The maximum atomic E-state index is 12.2. The minimum Gasteiger partial charge on any atom is -0.457 e. The minimum atomic E-state index is -3.22. The number of carbonyl (C=O) groups is 1. The monoisotopic (exact) mass is 375 g/mol. The van der Waals surface area contributed by atoms with Crippen LogP contribution in [0.1, 0.15) is 19.8 Å². The van der Waals surface area contributed by atoms with Crippen molar-refractivity contribution < 1.29 is 22.7 Å². The maximum Gasteiger partial charge on any atom is 0.411 e. The quantitative estimate of drug-likeness (QED) is 0.783. The summed E-state index contributed by atoms with van der Waals surface area (Å²) in [5, 5.41) is 2.60. The Bertz CT molecular complexity index is 856. The smallest absolute Gasteiger partial charge is 0.411 e. The van der Waals surface area contributed by atoms with Crippen molar-refractivity contribution in [2.45, 2.75) is 24.7 Å². The molecule has 0 bridgehead atoms. The number of rotatable bonds is 7. The molecule has 0 aliphatic heterocycles. The lowest BCUT2D eigenvalue weighted by Crippen LogP contribution is -2.12. The van der Waals surface area contributed by atoms with Crippen LogP contribution in [0.25, 0.3) is 0 Å². The Morgan fingerprint density at radius 2 is 1.62 bits per heavy atom. The van der Waals surface area contributed by atoms with Gasteiger partial charge >= 0.3 is 6.09 Å². The summed E-state index contributed by atoms with van der Waals surface area (Å²) in [6, 6.07) is 13.2. The van der Waals surface area contributed by atoms with E-state index in [1.165, 1.54) is 0 Å². The van der Waals surface area contributed by atoms with Crippen molar-refractivity contribution in [2.24, 2.45) is 5.92 Å². The summed E-state index contributed by atoms with van der Waals surface area (Å²) in [5.41, 5.74) is 0.595. The second-order valence-electron chi connectivity index (χ2n) is 6.17. The molecule has 7 heteroatoms. The van der Waals surface area contributed by atoms with E-state index in [1.54, 1.807) is 55.5 Å². The van der Waals surface area contributed by atoms with Crippen molar-refractivity contribution in [2.75, 3.05) is 17.7 Å². The van der Waals surface area contributed by atoms with Crippen LogP contribution in [-0.2, 0) is 14.6 Å². The van der Waals surface area contributed by atoms with Crippen molar-refractivity contribution in [1.82, 2.24) is 0 Å². The minimum absolute atomic E-state index is 0.224. The van der Waals surface area contributed by atoms with Gasteiger partial charge in [-0.3, -0.25) is 5.32 Å². The van der Waals surface area contributed by atoms with Crippen molar-refractivity contribution >= 4 is 21.6 Å². The van der Waals surface area contributed by atoms with Crippen molar-refractivity contribution in [1.29, 1.82) is 0 Å². The molecule has 1 N–H and O–H groups in total. The predicted molar refractivity (Wildman–Crippen MR) is 98.4 cm³/mol. The number of sulfone groups is 1. The van der Waals surface area contributed by atoms with Crippen LogP contribution in [-0.4, -0.2) is 26.9 Å². The second kappa shape index (κ2) is 7.78. The molecule has 1 aliphatic carbocycles. The van der Waals surface area contributed by atoms with E-state index in [-0.39, 0.29) is 5.75 Å². The zero-order valence-electron chi connectivity index (χ0n) is 14.5. The summed E-state index contributed by atoms with van der Waals surface area (Å²) in [7, 11) is -3.22. The standard InChI is InChI=1S/C19H21NO5S/c1-2-24-19(21)20-15-5-7-16(8-6-15)25-17-9-11-18(12-10-17)26(22,23)13-14-3-4-14/h5-12,14H,2-4,13H2,1H3,(H,20,21). The van der Waals surface area contributed by atoms with E-state index in [0.29, 0.717) is 34.6 Å². The van der Waals surface area contributed by atoms with Crippen LogP contribution >= 0.6 is 0 Å². The van der Waals surface area contributed by atoms with Gasteiger partial charge in [-0.2, -0.15) is 0 Å². The Balaban J connectivity index is 1.61. The fourth-order valence-corrected chi connectivity index (χ4v) is 4.13. The molecule has 2 aromatic rings. The fraction of sp³-hybridized carbons (Fsp3) is 0.316. The third-order valence-electron chi connectivity index (χ3n) is 3.95. The molecular weight excluding hydrogens is 354 g/mol. The Morgan fingerprint density at radius 3 is 2.15 bits per heavy atom. The lowest BCUT2D eigenvalue weighted by Gasteiger charge is -2.09. The van der Waals surface area contributed by atoms with Crippen molar-refractivity contribution in [3.8, 4) is 11.5 Å². The van der Waals surface area contributed by atoms with E-state index in [1.807, 2.05) is 0 Å². The zero-order chi connectivity index (χ0) is 18.6. The number of anilines is 1. The van der Waals surface area contributed by atoms with Gasteiger partial charge in [-0.05, 0) is 74.2 Å². The summed E-state index contributed by atoms with van der Waals surface area (Å²) in [4.78, 5) is 11.7. The van der Waals surface area contributed by atoms with Gasteiger partial charge in [-0.1, -0.05) is 0 Å². The van der Waals surface area contributed by atoms with Crippen LogP contribution in [0.3, 0.4) is 0 Å². The first-order valence-corrected chi connectivity index (χ1v) is 10.2. The number of ether oxygens (including phenoxy) is 2. The lowest BCUT2D eigenvalue weighted by molar-refractivity contribution is 0.168. The number of carbonyl (C=O) groups excluding carboxylic acids is 1. The van der Waals surface area contributed by atoms with E-state index in [4.69, 9.17) is 9.47 Å². The summed E-state index contributed by atoms with van der Waals surface area (Å²) in [6.07, 6.45) is 1.49. The molecule has 0 saturated heterocycles. The van der Waals surface area contributed by atoms with Crippen LogP contribution in [0.4, 0.5) is 10.5 Å². The Kier molecular flexibility index (Phi) is 5.46. The van der Waals surface area contributed by atoms with Gasteiger partial charge in [0, 0.05) is 5.69 Å². The average molecular weight is 375 g/mol. The molecule has 1 fully saturated rings. The van der Waals surface area contributed by atoms with E-state index < -0.39 is 15.9 Å². The molecule has 138 valence electrons. The molecule has 1 saturated carbocycles. The van der Waals surface area contributed by atoms with Crippen LogP contribution in [0.15, 0.2) is 53.4 Å². The van der Waals surface area contributed by atoms with E-state index in [0.717, 1.165) is 12.8 Å². The topological polar surface area (TPSA) is 81.7 Å². The van der Waals surface area contributed by atoms with E-state index in [9.17, 15) is 13.2 Å². The Hall–Kier alpha value is -2.54. The van der Waals surface area contributed by atoms with Crippen LogP contribution in [0, 0.1) is 5.92 Å². The molecule has 0 radical (unpaired) electrons. The first kappa shape index (κ1) is 18.3. The van der Waals surface area contributed by atoms with Gasteiger partial charge in [0.2, 0.25) is 0 Å². The molecule has 6 nitrogen and oxygen atoms in total. The molecule has 0 aromatic heterocycles. The molecule has 2 aromatic carbocycles. The molecule has 0 atom stereocenters. The summed E-state index contributed by atoms with van der Waals surface area (Å²) < 4.78 is 35.0. The van der Waals surface area contributed by atoms with Crippen molar-refractivity contribution in [3.63, 3.8) is 0 Å². The van der Waals surface area contributed by atoms with Crippen molar-refractivity contribution in [3.05, 3.63) is 48.5 Å². The number of benzene rings is 2. The molecule has 0 heterocycles. The largest absolute Gasteiger partial charge is 0.457 e. The Morgan fingerprint density at radius 1 is 1.04 bits per heavy atom. The van der Waals surface area contributed by atoms with Gasteiger partial charge in [0.15, 0.2) is 9.84 Å². The molecule has 0 spiro atoms. The predicted octanol–water partition coefficient (Wildman–Crippen LogP) is 4.23. The Labute approximate surface area is 153 Å². The molecule has 0 unspecified atom stereocenters. The van der Waals surface area contributed by atoms with Gasteiger partial charge < -0.3 is 9.47 Å². The first-order chi connectivity index (χ1) is 12.5. The highest BCUT2D eigenvalue weighted by atomic mass is 32.2. The van der Waals surface area contributed by atoms with Gasteiger partial charge in [-0.25, -0.2) is 13.2 Å². The van der Waals surface area contributed by atoms with Gasteiger partial charge in [-0.15, -0.1) is 0 Å². The molecular formula is C19H21NO5S. The molecule has 1 aliphatic rings. The highest BCUT2D eigenvalue weighted by Crippen LogP contribution is 2.33. The second-order valence-corrected chi connectivity index (χ2v) is 8.20. The number of hydrogen-bond donors (Lipinski definition) is 1. The fourth-order valence-electron chi connectivity index (χ4n) is 2.43. The summed E-state index contributed by atoms with van der Waals surface area (Å²) in [5.74, 6) is 1.66. The third kappa shape index (κ3) is 4.98. The van der Waals surface area contributed by atoms with E-state index in [2.05, 4.69) is 5.32 Å². The highest BCUT2D eigenvalue weighted by molar-refractivity contribution is 7.91. The molecule has 1 amide bonds. The van der Waals surface area contributed by atoms with Gasteiger partial charge in [0.05, 0.1) is 17.3 Å². The highest BCUT2D eigenvalue weighted by Gasteiger charge is 2.28. The van der Waals surface area contributed by atoms with Gasteiger partial charge in [0.1, 0.15) is 11.5 Å². The first-order valence-electron chi connectivity index (χ1n) is 8.51. The van der Waals surface area contributed by atoms with Crippen LogP contribution in [0.5, 0.6) is 11.5 Å². The number of amides is 1. The zero-order valence-corrected chi connectivity index (χ0v) is 15.3. The molecule has 3 rings (SSSR count). The number of hydrogen-bond acceptors (Lipinski definition) is 5. The average Bonchev–Trinajstić information content (AvgIpc) is 3.41. The van der Waals surface area contributed by atoms with Crippen LogP contribution < -0.4 is 10.1 Å². The third-order valence-corrected chi connectivity index (χ3v) is 5.85. The summed E-state index contributed by atoms with van der Waals surface area (Å²) >= 11 is 0. The van der Waals surface area contributed by atoms with Crippen LogP contribution in [0.2, 0.25) is 0 Å². The SMILES string of the molecule is CCOC(=O)Nc1ccc(Oc2ccc(S(=O)(=O)CC3CC3)cc2)cc1. The lowest BCUT2D eigenvalue weighted by atomic mass is 10.3.